The summed E-state index contributed by atoms with van der Waals surface area (Å²) in [5.74, 6) is -1.50. The molecule has 0 aliphatic rings. The van der Waals surface area contributed by atoms with Crippen molar-refractivity contribution in [2.75, 3.05) is 27.8 Å². The second kappa shape index (κ2) is 7.49. The number of nitrogens with zero attached hydrogens (tertiary/aromatic N) is 1. The first-order valence-electron chi connectivity index (χ1n) is 5.29. The van der Waals surface area contributed by atoms with E-state index in [0.29, 0.717) is 0 Å². The van der Waals surface area contributed by atoms with Crippen molar-refractivity contribution >= 4 is 17.9 Å². The number of nitrogens with one attached hydrogen (secondary N) is 2. The first-order chi connectivity index (χ1) is 8.29. The van der Waals surface area contributed by atoms with E-state index in [0.717, 1.165) is 0 Å². The number of ether oxygens (including phenoxy) is 1. The molecule has 0 rings (SSSR count). The van der Waals surface area contributed by atoms with E-state index in [9.17, 15) is 14.4 Å². The van der Waals surface area contributed by atoms with Gasteiger partial charge in [-0.2, -0.15) is 0 Å². The SMILES string of the molecule is COCC(NC(=O)NC(C)C(=O)N(C)C)C(=O)O. The van der Waals surface area contributed by atoms with Crippen LogP contribution in [-0.4, -0.2) is 67.8 Å². The summed E-state index contributed by atoms with van der Waals surface area (Å²) in [6, 6.07) is -2.63. The Morgan fingerprint density at radius 3 is 2.22 bits per heavy atom. The number of carbonyl (C=O) groups excluding carboxylic acids is 2. The van der Waals surface area contributed by atoms with Crippen molar-refractivity contribution in [1.82, 2.24) is 15.5 Å². The summed E-state index contributed by atoms with van der Waals surface area (Å²) in [5, 5.41) is 13.3. The summed E-state index contributed by atoms with van der Waals surface area (Å²) in [6.45, 7) is 1.35. The average Bonchev–Trinajstić information content (AvgIpc) is 2.26. The maximum Gasteiger partial charge on any atom is 0.328 e. The third kappa shape index (κ3) is 5.48. The van der Waals surface area contributed by atoms with E-state index >= 15 is 0 Å². The molecule has 0 heterocycles. The third-order valence-electron chi connectivity index (χ3n) is 2.10. The molecule has 0 aliphatic heterocycles. The Bertz CT molecular complexity index is 319. The van der Waals surface area contributed by atoms with E-state index in [2.05, 4.69) is 15.4 Å². The van der Waals surface area contributed by atoms with E-state index in [-0.39, 0.29) is 12.5 Å². The molecule has 0 saturated heterocycles. The summed E-state index contributed by atoms with van der Waals surface area (Å²) < 4.78 is 4.66. The molecule has 0 aromatic carbocycles. The number of hydrogen-bond donors (Lipinski definition) is 3. The van der Waals surface area contributed by atoms with Gasteiger partial charge in [0.15, 0.2) is 6.04 Å². The van der Waals surface area contributed by atoms with Crippen LogP contribution >= 0.6 is 0 Å². The number of carbonyl (C=O) groups is 3. The molecule has 0 radical (unpaired) electrons. The van der Waals surface area contributed by atoms with E-state index in [1.165, 1.54) is 18.9 Å². The lowest BCUT2D eigenvalue weighted by Gasteiger charge is -2.20. The van der Waals surface area contributed by atoms with Crippen molar-refractivity contribution in [1.29, 1.82) is 0 Å². The predicted molar refractivity (Wildman–Crippen MR) is 63.1 cm³/mol. The normalized spacial score (nSPS) is 13.3. The zero-order valence-corrected chi connectivity index (χ0v) is 10.9. The zero-order chi connectivity index (χ0) is 14.3. The monoisotopic (exact) mass is 261 g/mol. The van der Waals surface area contributed by atoms with Crippen LogP contribution in [0.5, 0.6) is 0 Å². The molecular weight excluding hydrogens is 242 g/mol. The Kier molecular flexibility index (Phi) is 6.73. The van der Waals surface area contributed by atoms with E-state index in [1.807, 2.05) is 0 Å². The van der Waals surface area contributed by atoms with E-state index in [4.69, 9.17) is 5.11 Å². The molecule has 8 heteroatoms. The molecule has 0 aromatic rings. The maximum atomic E-state index is 11.5. The maximum absolute atomic E-state index is 11.5. The number of hydrogen-bond acceptors (Lipinski definition) is 4. The minimum Gasteiger partial charge on any atom is -0.480 e. The number of urea groups is 1. The molecule has 0 aliphatic carbocycles. The topological polar surface area (TPSA) is 108 Å². The molecule has 0 saturated carbocycles. The Labute approximate surface area is 105 Å². The fourth-order valence-electron chi connectivity index (χ4n) is 1.19. The second-order valence-corrected chi connectivity index (χ2v) is 3.92. The highest BCUT2D eigenvalue weighted by atomic mass is 16.5. The zero-order valence-electron chi connectivity index (χ0n) is 10.9. The highest BCUT2D eigenvalue weighted by Gasteiger charge is 2.22. The van der Waals surface area contributed by atoms with Gasteiger partial charge in [0.25, 0.3) is 0 Å². The quantitative estimate of drug-likeness (QED) is 0.560. The van der Waals surface area contributed by atoms with Gasteiger partial charge in [0.1, 0.15) is 6.04 Å². The first-order valence-corrected chi connectivity index (χ1v) is 5.29. The molecule has 3 N–H and O–H groups in total. The van der Waals surface area contributed by atoms with Gasteiger partial charge in [-0.25, -0.2) is 9.59 Å². The highest BCUT2D eigenvalue weighted by molar-refractivity contribution is 5.88. The molecule has 18 heavy (non-hydrogen) atoms. The molecule has 0 bridgehead atoms. The minimum atomic E-state index is -1.21. The summed E-state index contributed by atoms with van der Waals surface area (Å²) in [5.41, 5.74) is 0. The number of rotatable bonds is 6. The molecule has 104 valence electrons. The minimum absolute atomic E-state index is 0.154. The lowest BCUT2D eigenvalue weighted by atomic mass is 10.3. The number of amides is 3. The van der Waals surface area contributed by atoms with Gasteiger partial charge >= 0.3 is 12.0 Å². The first kappa shape index (κ1) is 16.2. The Balaban J connectivity index is 4.32. The Morgan fingerprint density at radius 2 is 1.83 bits per heavy atom. The standard InChI is InChI=1S/C10H19N3O5/c1-6(8(14)13(2)3)11-10(17)12-7(5-18-4)9(15)16/h6-7H,5H2,1-4H3,(H,15,16)(H2,11,12,17). The van der Waals surface area contributed by atoms with Crippen molar-refractivity contribution in [3.05, 3.63) is 0 Å². The van der Waals surface area contributed by atoms with Crippen molar-refractivity contribution in [3.8, 4) is 0 Å². The van der Waals surface area contributed by atoms with E-state index < -0.39 is 24.1 Å². The van der Waals surface area contributed by atoms with Crippen LogP contribution in [0, 0.1) is 0 Å². The fourth-order valence-corrected chi connectivity index (χ4v) is 1.19. The van der Waals surface area contributed by atoms with Crippen molar-refractivity contribution in [2.24, 2.45) is 0 Å². The van der Waals surface area contributed by atoms with Crippen LogP contribution in [0.1, 0.15) is 6.92 Å². The largest absolute Gasteiger partial charge is 0.480 e. The average molecular weight is 261 g/mol. The van der Waals surface area contributed by atoms with Crippen molar-refractivity contribution in [2.45, 2.75) is 19.0 Å². The Hall–Kier alpha value is -1.83. The number of likely N-dealkylation sites (N-methyl/N-ethyl adjacent to an activating group) is 1. The van der Waals surface area contributed by atoms with Gasteiger partial charge in [-0.3, -0.25) is 4.79 Å². The van der Waals surface area contributed by atoms with Crippen LogP contribution in [0.4, 0.5) is 4.79 Å². The molecule has 3 amide bonds. The van der Waals surface area contributed by atoms with Crippen LogP contribution < -0.4 is 10.6 Å². The number of methoxy groups -OCH3 is 1. The van der Waals surface area contributed by atoms with Crippen LogP contribution in [-0.2, 0) is 14.3 Å². The lowest BCUT2D eigenvalue weighted by molar-refractivity contribution is -0.140. The Morgan fingerprint density at radius 1 is 1.28 bits per heavy atom. The number of aliphatic carboxylic acids is 1. The molecule has 0 spiro atoms. The van der Waals surface area contributed by atoms with Gasteiger partial charge in [-0.1, -0.05) is 0 Å². The summed E-state index contributed by atoms with van der Waals surface area (Å²) in [4.78, 5) is 35.0. The molecular formula is C10H19N3O5. The molecule has 2 atom stereocenters. The van der Waals surface area contributed by atoms with Gasteiger partial charge in [0.2, 0.25) is 5.91 Å². The van der Waals surface area contributed by atoms with Gasteiger partial charge in [-0.05, 0) is 6.92 Å². The number of carboxylic acid groups (broad SMARTS) is 1. The second-order valence-electron chi connectivity index (χ2n) is 3.92. The summed E-state index contributed by atoms with van der Waals surface area (Å²) >= 11 is 0. The van der Waals surface area contributed by atoms with Crippen LogP contribution in [0.25, 0.3) is 0 Å². The highest BCUT2D eigenvalue weighted by Crippen LogP contribution is 1.90. The van der Waals surface area contributed by atoms with Gasteiger partial charge < -0.3 is 25.4 Å². The van der Waals surface area contributed by atoms with Crippen LogP contribution in [0.15, 0.2) is 0 Å². The molecule has 8 nitrogen and oxygen atoms in total. The molecule has 2 unspecified atom stereocenters. The summed E-state index contributed by atoms with van der Waals surface area (Å²) in [7, 11) is 4.44. The predicted octanol–water partition coefficient (Wildman–Crippen LogP) is -1.14. The molecule has 0 fully saturated rings. The van der Waals surface area contributed by atoms with Gasteiger partial charge in [0, 0.05) is 21.2 Å². The fraction of sp³-hybridized carbons (Fsp3) is 0.700. The van der Waals surface area contributed by atoms with Crippen LogP contribution in [0.2, 0.25) is 0 Å². The molecule has 0 aromatic heterocycles. The van der Waals surface area contributed by atoms with Crippen molar-refractivity contribution in [3.63, 3.8) is 0 Å². The third-order valence-corrected chi connectivity index (χ3v) is 2.10. The van der Waals surface area contributed by atoms with Gasteiger partial charge in [-0.15, -0.1) is 0 Å². The van der Waals surface area contributed by atoms with Crippen LogP contribution in [0.3, 0.4) is 0 Å². The van der Waals surface area contributed by atoms with Crippen molar-refractivity contribution < 1.29 is 24.2 Å². The lowest BCUT2D eigenvalue weighted by Crippen LogP contribution is -2.53. The number of carboxylic acids is 1. The smallest absolute Gasteiger partial charge is 0.328 e. The summed E-state index contributed by atoms with van der Waals surface area (Å²) in [6.07, 6.45) is 0. The van der Waals surface area contributed by atoms with E-state index in [1.54, 1.807) is 14.1 Å². The van der Waals surface area contributed by atoms with Gasteiger partial charge in [0.05, 0.1) is 6.61 Å².